The topological polar surface area (TPSA) is 35.2 Å². The minimum absolute atomic E-state index is 0.425. The smallest absolute Gasteiger partial charge is 0.120 e. The van der Waals surface area contributed by atoms with E-state index in [1.807, 2.05) is 24.3 Å². The number of halogens is 1. The fourth-order valence-corrected chi connectivity index (χ4v) is 1.30. The van der Waals surface area contributed by atoms with Crippen molar-refractivity contribution in [3.05, 3.63) is 29.3 Å². The number of nitrogens with two attached hydrogens (primary N) is 1. The number of ether oxygens (including phenoxy) is 1. The van der Waals surface area contributed by atoms with Crippen molar-refractivity contribution < 1.29 is 4.74 Å². The Labute approximate surface area is 90.0 Å². The van der Waals surface area contributed by atoms with Gasteiger partial charge in [0.25, 0.3) is 0 Å². The maximum Gasteiger partial charge on any atom is 0.120 e. The van der Waals surface area contributed by atoms with Crippen LogP contribution in [0.2, 0.25) is 5.02 Å². The summed E-state index contributed by atoms with van der Waals surface area (Å²) in [5, 5.41) is 0.697. The third-order valence-electron chi connectivity index (χ3n) is 2.19. The fourth-order valence-electron chi connectivity index (χ4n) is 1.12. The number of rotatable bonds is 5. The lowest BCUT2D eigenvalue weighted by Crippen LogP contribution is -2.20. The van der Waals surface area contributed by atoms with Gasteiger partial charge in [0.2, 0.25) is 0 Å². The summed E-state index contributed by atoms with van der Waals surface area (Å²) in [5.74, 6) is 1.23. The first kappa shape index (κ1) is 11.3. The van der Waals surface area contributed by atoms with Gasteiger partial charge in [-0.05, 0) is 31.2 Å². The Morgan fingerprint density at radius 1 is 1.50 bits per heavy atom. The molecule has 3 heteroatoms. The number of benzene rings is 1. The van der Waals surface area contributed by atoms with Crippen LogP contribution in [0.15, 0.2) is 24.3 Å². The summed E-state index contributed by atoms with van der Waals surface area (Å²) < 4.78 is 5.57. The molecule has 1 unspecified atom stereocenters. The van der Waals surface area contributed by atoms with Crippen molar-refractivity contribution in [1.82, 2.24) is 0 Å². The zero-order valence-electron chi connectivity index (χ0n) is 8.37. The Bertz CT molecular complexity index is 274. The van der Waals surface area contributed by atoms with Crippen LogP contribution in [0.4, 0.5) is 0 Å². The molecule has 0 saturated carbocycles. The van der Waals surface area contributed by atoms with Gasteiger partial charge in [-0.3, -0.25) is 0 Å². The van der Waals surface area contributed by atoms with Gasteiger partial charge in [-0.15, -0.1) is 0 Å². The highest BCUT2D eigenvalue weighted by atomic mass is 35.5. The van der Waals surface area contributed by atoms with E-state index in [0.29, 0.717) is 24.1 Å². The van der Waals surface area contributed by atoms with Crippen LogP contribution in [-0.4, -0.2) is 13.2 Å². The molecule has 2 N–H and O–H groups in total. The van der Waals surface area contributed by atoms with Crippen LogP contribution >= 0.6 is 11.6 Å². The van der Waals surface area contributed by atoms with Crippen LogP contribution in [-0.2, 0) is 0 Å². The van der Waals surface area contributed by atoms with Crippen molar-refractivity contribution in [3.63, 3.8) is 0 Å². The van der Waals surface area contributed by atoms with Crippen molar-refractivity contribution in [2.24, 2.45) is 11.7 Å². The summed E-state index contributed by atoms with van der Waals surface area (Å²) in [6.07, 6.45) is 1.04. The molecule has 0 bridgehead atoms. The molecule has 0 aliphatic carbocycles. The molecule has 0 radical (unpaired) electrons. The molecular formula is C11H16ClNO. The molecule has 2 nitrogen and oxygen atoms in total. The second-order valence-corrected chi connectivity index (χ2v) is 3.71. The molecular weight excluding hydrogens is 198 g/mol. The van der Waals surface area contributed by atoms with E-state index in [9.17, 15) is 0 Å². The van der Waals surface area contributed by atoms with Gasteiger partial charge in [0.1, 0.15) is 5.75 Å². The van der Waals surface area contributed by atoms with Gasteiger partial charge in [0.15, 0.2) is 0 Å². The lowest BCUT2D eigenvalue weighted by Gasteiger charge is -2.13. The first-order valence-electron chi connectivity index (χ1n) is 4.84. The summed E-state index contributed by atoms with van der Waals surface area (Å²) >= 11 is 5.82. The van der Waals surface area contributed by atoms with E-state index < -0.39 is 0 Å². The minimum atomic E-state index is 0.425. The Kier molecular flexibility index (Phi) is 4.77. The van der Waals surface area contributed by atoms with Crippen molar-refractivity contribution >= 4 is 11.6 Å². The van der Waals surface area contributed by atoms with Gasteiger partial charge in [-0.2, -0.15) is 0 Å². The SMILES string of the molecule is CCC(CN)COc1cccc(Cl)c1. The summed E-state index contributed by atoms with van der Waals surface area (Å²) in [6.45, 7) is 3.43. The molecule has 78 valence electrons. The van der Waals surface area contributed by atoms with E-state index in [-0.39, 0.29) is 0 Å². The van der Waals surface area contributed by atoms with E-state index in [1.54, 1.807) is 0 Å². The lowest BCUT2D eigenvalue weighted by molar-refractivity contribution is 0.249. The van der Waals surface area contributed by atoms with Crippen LogP contribution in [0.1, 0.15) is 13.3 Å². The van der Waals surface area contributed by atoms with E-state index in [1.165, 1.54) is 0 Å². The Morgan fingerprint density at radius 3 is 2.86 bits per heavy atom. The molecule has 1 atom stereocenters. The maximum absolute atomic E-state index is 5.82. The highest BCUT2D eigenvalue weighted by Crippen LogP contribution is 2.17. The quantitative estimate of drug-likeness (QED) is 0.817. The number of hydrogen-bond acceptors (Lipinski definition) is 2. The lowest BCUT2D eigenvalue weighted by atomic mass is 10.1. The first-order chi connectivity index (χ1) is 6.76. The molecule has 1 rings (SSSR count). The maximum atomic E-state index is 5.82. The van der Waals surface area contributed by atoms with Crippen LogP contribution in [0.5, 0.6) is 5.75 Å². The molecule has 0 aliphatic heterocycles. The van der Waals surface area contributed by atoms with E-state index in [2.05, 4.69) is 6.92 Å². The van der Waals surface area contributed by atoms with Crippen molar-refractivity contribution in [2.45, 2.75) is 13.3 Å². The Morgan fingerprint density at radius 2 is 2.29 bits per heavy atom. The summed E-state index contributed by atoms with van der Waals surface area (Å²) in [5.41, 5.74) is 5.57. The molecule has 14 heavy (non-hydrogen) atoms. The molecule has 0 aromatic heterocycles. The van der Waals surface area contributed by atoms with E-state index >= 15 is 0 Å². The van der Waals surface area contributed by atoms with Crippen LogP contribution in [0, 0.1) is 5.92 Å². The van der Waals surface area contributed by atoms with Gasteiger partial charge >= 0.3 is 0 Å². The minimum Gasteiger partial charge on any atom is -0.493 e. The average Bonchev–Trinajstić information content (AvgIpc) is 2.19. The third-order valence-corrected chi connectivity index (χ3v) is 2.43. The van der Waals surface area contributed by atoms with Gasteiger partial charge in [-0.1, -0.05) is 24.6 Å². The normalized spacial score (nSPS) is 12.5. The van der Waals surface area contributed by atoms with E-state index in [4.69, 9.17) is 22.1 Å². The molecule has 0 amide bonds. The highest BCUT2D eigenvalue weighted by molar-refractivity contribution is 6.30. The first-order valence-corrected chi connectivity index (χ1v) is 5.22. The zero-order chi connectivity index (χ0) is 10.4. The highest BCUT2D eigenvalue weighted by Gasteiger charge is 2.04. The monoisotopic (exact) mass is 213 g/mol. The van der Waals surface area contributed by atoms with Gasteiger partial charge < -0.3 is 10.5 Å². The Hall–Kier alpha value is -0.730. The number of hydrogen-bond donors (Lipinski definition) is 1. The predicted molar refractivity (Wildman–Crippen MR) is 59.8 cm³/mol. The van der Waals surface area contributed by atoms with Crippen LogP contribution in [0.3, 0.4) is 0 Å². The molecule has 0 fully saturated rings. The average molecular weight is 214 g/mol. The largest absolute Gasteiger partial charge is 0.493 e. The van der Waals surface area contributed by atoms with Crippen LogP contribution in [0.25, 0.3) is 0 Å². The fraction of sp³-hybridized carbons (Fsp3) is 0.455. The molecule has 0 aliphatic rings. The van der Waals surface area contributed by atoms with Gasteiger partial charge in [0.05, 0.1) is 6.61 Å². The summed E-state index contributed by atoms with van der Waals surface area (Å²) in [4.78, 5) is 0. The van der Waals surface area contributed by atoms with Crippen molar-refractivity contribution in [1.29, 1.82) is 0 Å². The molecule has 1 aromatic carbocycles. The molecule has 0 spiro atoms. The molecule has 0 heterocycles. The molecule has 0 saturated heterocycles. The Balaban J connectivity index is 2.44. The zero-order valence-corrected chi connectivity index (χ0v) is 9.13. The van der Waals surface area contributed by atoms with Crippen molar-refractivity contribution in [3.8, 4) is 5.75 Å². The van der Waals surface area contributed by atoms with Crippen molar-refractivity contribution in [2.75, 3.05) is 13.2 Å². The standard InChI is InChI=1S/C11H16ClNO/c1-2-9(7-13)8-14-11-5-3-4-10(12)6-11/h3-6,9H,2,7-8,13H2,1H3. The summed E-state index contributed by atoms with van der Waals surface area (Å²) in [6, 6.07) is 7.41. The van der Waals surface area contributed by atoms with Crippen LogP contribution < -0.4 is 10.5 Å². The third kappa shape index (κ3) is 3.56. The van der Waals surface area contributed by atoms with Gasteiger partial charge in [0, 0.05) is 10.9 Å². The van der Waals surface area contributed by atoms with Gasteiger partial charge in [-0.25, -0.2) is 0 Å². The second kappa shape index (κ2) is 5.89. The van der Waals surface area contributed by atoms with E-state index in [0.717, 1.165) is 12.2 Å². The second-order valence-electron chi connectivity index (χ2n) is 3.28. The molecule has 1 aromatic rings. The predicted octanol–water partition coefficient (Wildman–Crippen LogP) is 2.70. The summed E-state index contributed by atoms with van der Waals surface area (Å²) in [7, 11) is 0.